The zero-order valence-corrected chi connectivity index (χ0v) is 16.7. The Labute approximate surface area is 177 Å². The maximum absolute atomic E-state index is 14.8. The number of cyclic esters (lactones) is 1. The minimum atomic E-state index is -0.589. The Kier molecular flexibility index (Phi) is 5.81. The molecule has 2 amide bonds. The zero-order valence-electron chi connectivity index (χ0n) is 16.7. The SMILES string of the molecule is CC(=O)NC[C@H]1CN(c2ccc(-c3ccc(C4=NOC(CO)C4)nc3)c(F)c2)C(=O)O1. The number of aromatic nitrogens is 1. The second-order valence-electron chi connectivity index (χ2n) is 7.30. The van der Waals surface area contributed by atoms with Crippen molar-refractivity contribution in [1.82, 2.24) is 10.3 Å². The van der Waals surface area contributed by atoms with Crippen LogP contribution in [-0.2, 0) is 14.4 Å². The van der Waals surface area contributed by atoms with Crippen LogP contribution in [0.2, 0.25) is 0 Å². The number of aliphatic hydroxyl groups excluding tert-OH is 1. The highest BCUT2D eigenvalue weighted by atomic mass is 19.1. The first-order chi connectivity index (χ1) is 14.9. The van der Waals surface area contributed by atoms with Gasteiger partial charge in [-0.05, 0) is 24.3 Å². The molecule has 9 nitrogen and oxygen atoms in total. The lowest BCUT2D eigenvalue weighted by atomic mass is 10.0. The molecule has 1 fully saturated rings. The van der Waals surface area contributed by atoms with Crippen molar-refractivity contribution in [3.05, 3.63) is 48.0 Å². The number of nitrogens with zero attached hydrogens (tertiary/aromatic N) is 3. The third kappa shape index (κ3) is 4.48. The summed E-state index contributed by atoms with van der Waals surface area (Å²) >= 11 is 0. The summed E-state index contributed by atoms with van der Waals surface area (Å²) in [7, 11) is 0. The summed E-state index contributed by atoms with van der Waals surface area (Å²) in [6, 6.07) is 7.92. The van der Waals surface area contributed by atoms with E-state index in [0.717, 1.165) is 0 Å². The quantitative estimate of drug-likeness (QED) is 0.726. The number of benzene rings is 1. The predicted molar refractivity (Wildman–Crippen MR) is 109 cm³/mol. The van der Waals surface area contributed by atoms with Crippen LogP contribution in [0.15, 0.2) is 41.7 Å². The molecule has 4 rings (SSSR count). The van der Waals surface area contributed by atoms with Crippen molar-refractivity contribution in [2.45, 2.75) is 25.6 Å². The molecule has 2 aromatic rings. The first-order valence-corrected chi connectivity index (χ1v) is 9.77. The molecule has 10 heteroatoms. The third-order valence-electron chi connectivity index (χ3n) is 5.02. The lowest BCUT2D eigenvalue weighted by Crippen LogP contribution is -2.33. The Hall–Kier alpha value is -3.53. The molecule has 1 aromatic heterocycles. The van der Waals surface area contributed by atoms with Crippen molar-refractivity contribution >= 4 is 23.4 Å². The first-order valence-electron chi connectivity index (χ1n) is 9.77. The van der Waals surface area contributed by atoms with Crippen molar-refractivity contribution in [3.8, 4) is 11.1 Å². The highest BCUT2D eigenvalue weighted by Crippen LogP contribution is 2.29. The summed E-state index contributed by atoms with van der Waals surface area (Å²) in [4.78, 5) is 33.9. The van der Waals surface area contributed by atoms with Crippen molar-refractivity contribution in [2.24, 2.45) is 5.16 Å². The van der Waals surface area contributed by atoms with Crippen LogP contribution >= 0.6 is 0 Å². The lowest BCUT2D eigenvalue weighted by molar-refractivity contribution is -0.119. The number of oxime groups is 1. The Bertz CT molecular complexity index is 1030. The average molecular weight is 428 g/mol. The van der Waals surface area contributed by atoms with Crippen molar-refractivity contribution < 1.29 is 28.7 Å². The van der Waals surface area contributed by atoms with Crippen molar-refractivity contribution in [2.75, 3.05) is 24.6 Å². The zero-order chi connectivity index (χ0) is 22.0. The molecule has 0 aliphatic carbocycles. The minimum Gasteiger partial charge on any atom is -0.442 e. The minimum absolute atomic E-state index is 0.124. The van der Waals surface area contributed by atoms with Crippen LogP contribution in [0.5, 0.6) is 0 Å². The van der Waals surface area contributed by atoms with Crippen molar-refractivity contribution in [1.29, 1.82) is 0 Å². The highest BCUT2D eigenvalue weighted by Gasteiger charge is 2.32. The van der Waals surface area contributed by atoms with Crippen LogP contribution in [0.25, 0.3) is 11.1 Å². The molecule has 31 heavy (non-hydrogen) atoms. The van der Waals surface area contributed by atoms with Gasteiger partial charge in [0.25, 0.3) is 0 Å². The van der Waals surface area contributed by atoms with Gasteiger partial charge in [-0.2, -0.15) is 0 Å². The summed E-state index contributed by atoms with van der Waals surface area (Å²) in [5.41, 5.74) is 2.50. The van der Waals surface area contributed by atoms with Gasteiger partial charge in [-0.3, -0.25) is 14.7 Å². The van der Waals surface area contributed by atoms with E-state index in [2.05, 4.69) is 15.5 Å². The molecule has 1 saturated heterocycles. The van der Waals surface area contributed by atoms with Gasteiger partial charge in [0.15, 0.2) is 6.10 Å². The van der Waals surface area contributed by atoms with Gasteiger partial charge in [0.2, 0.25) is 5.91 Å². The molecule has 2 N–H and O–H groups in total. The summed E-state index contributed by atoms with van der Waals surface area (Å²) in [5.74, 6) is -0.725. The number of carbonyl (C=O) groups excluding carboxylic acids is 2. The molecular formula is C21H21FN4O5. The standard InChI is InChI=1S/C21H21FN4O5/c1-12(28)23-9-16-10-26(21(29)30-16)14-3-4-17(18(22)6-14)13-2-5-19(24-8-13)20-7-15(11-27)31-25-20/h2-6,8,15-16,27H,7,9-11H2,1H3,(H,23,28)/t15?,16-/m0/s1. The molecular weight excluding hydrogens is 407 g/mol. The van der Waals surface area contributed by atoms with E-state index in [1.165, 1.54) is 24.1 Å². The van der Waals surface area contributed by atoms with Crippen LogP contribution in [0.1, 0.15) is 19.0 Å². The van der Waals surface area contributed by atoms with E-state index in [1.54, 1.807) is 24.3 Å². The van der Waals surface area contributed by atoms with Gasteiger partial charge in [-0.1, -0.05) is 11.2 Å². The maximum Gasteiger partial charge on any atom is 0.414 e. The molecule has 2 atom stereocenters. The van der Waals surface area contributed by atoms with Crippen molar-refractivity contribution in [3.63, 3.8) is 0 Å². The van der Waals surface area contributed by atoms with Gasteiger partial charge in [0, 0.05) is 30.7 Å². The van der Waals surface area contributed by atoms with E-state index in [1.807, 2.05) is 0 Å². The van der Waals surface area contributed by atoms with Crippen LogP contribution in [-0.4, -0.2) is 59.7 Å². The fourth-order valence-corrected chi connectivity index (χ4v) is 3.40. The average Bonchev–Trinajstić information content (AvgIpc) is 3.39. The number of aliphatic hydroxyl groups is 1. The summed E-state index contributed by atoms with van der Waals surface area (Å²) in [6.45, 7) is 1.67. The second-order valence-corrected chi connectivity index (χ2v) is 7.30. The van der Waals surface area contributed by atoms with Crippen LogP contribution in [0.3, 0.4) is 0 Å². The molecule has 0 spiro atoms. The number of pyridine rings is 1. The van der Waals surface area contributed by atoms with Gasteiger partial charge in [-0.25, -0.2) is 9.18 Å². The van der Waals surface area contributed by atoms with E-state index in [9.17, 15) is 14.0 Å². The van der Waals surface area contributed by atoms with Gasteiger partial charge < -0.3 is 20.0 Å². The van der Waals surface area contributed by atoms with Crippen LogP contribution in [0.4, 0.5) is 14.9 Å². The summed E-state index contributed by atoms with van der Waals surface area (Å²) < 4.78 is 20.0. The second kappa shape index (κ2) is 8.68. The normalized spacial score (nSPS) is 20.3. The maximum atomic E-state index is 14.8. The van der Waals surface area contributed by atoms with E-state index < -0.39 is 18.0 Å². The predicted octanol–water partition coefficient (Wildman–Crippen LogP) is 1.83. The Balaban J connectivity index is 1.47. The number of anilines is 1. The number of rotatable bonds is 6. The number of nitrogens with one attached hydrogen (secondary N) is 1. The first kappa shape index (κ1) is 20.7. The Morgan fingerprint density at radius 3 is 2.81 bits per heavy atom. The molecule has 1 unspecified atom stereocenters. The van der Waals surface area contributed by atoms with Gasteiger partial charge in [0.1, 0.15) is 17.6 Å². The van der Waals surface area contributed by atoms with E-state index in [-0.39, 0.29) is 31.7 Å². The summed E-state index contributed by atoms with van der Waals surface area (Å²) in [5, 5.41) is 15.6. The van der Waals surface area contributed by atoms with E-state index in [4.69, 9.17) is 14.7 Å². The van der Waals surface area contributed by atoms with Gasteiger partial charge in [-0.15, -0.1) is 0 Å². The van der Waals surface area contributed by atoms with Crippen LogP contribution in [0, 0.1) is 5.82 Å². The molecule has 2 aliphatic rings. The highest BCUT2D eigenvalue weighted by molar-refractivity contribution is 5.99. The fraction of sp³-hybridized carbons (Fsp3) is 0.333. The number of hydrogen-bond donors (Lipinski definition) is 2. The Morgan fingerprint density at radius 1 is 1.32 bits per heavy atom. The molecule has 0 bridgehead atoms. The topological polar surface area (TPSA) is 113 Å². The Morgan fingerprint density at radius 2 is 2.16 bits per heavy atom. The van der Waals surface area contributed by atoms with Crippen LogP contribution < -0.4 is 10.2 Å². The number of ether oxygens (including phenoxy) is 1. The molecule has 0 saturated carbocycles. The van der Waals surface area contributed by atoms with Gasteiger partial charge >= 0.3 is 6.09 Å². The molecule has 162 valence electrons. The summed E-state index contributed by atoms with van der Waals surface area (Å²) in [6.07, 6.45) is 0.547. The third-order valence-corrected chi connectivity index (χ3v) is 5.02. The fourth-order valence-electron chi connectivity index (χ4n) is 3.40. The monoisotopic (exact) mass is 428 g/mol. The smallest absolute Gasteiger partial charge is 0.414 e. The molecule has 0 radical (unpaired) electrons. The molecule has 1 aromatic carbocycles. The number of amides is 2. The van der Waals surface area contributed by atoms with E-state index in [0.29, 0.717) is 34.6 Å². The lowest BCUT2D eigenvalue weighted by Gasteiger charge is -2.14. The largest absolute Gasteiger partial charge is 0.442 e. The van der Waals surface area contributed by atoms with E-state index >= 15 is 0 Å². The number of carbonyl (C=O) groups is 2. The number of hydrogen-bond acceptors (Lipinski definition) is 7. The molecule has 2 aliphatic heterocycles. The number of halogens is 1. The molecule has 3 heterocycles. The van der Waals surface area contributed by atoms with Gasteiger partial charge in [0.05, 0.1) is 31.1 Å².